The fourth-order valence-corrected chi connectivity index (χ4v) is 6.19. The quantitative estimate of drug-likeness (QED) is 0.666. The van der Waals surface area contributed by atoms with Gasteiger partial charge in [0.2, 0.25) is 0 Å². The Morgan fingerprint density at radius 3 is 1.95 bits per heavy atom. The average molecular weight is 263 g/mol. The molecule has 0 aromatic rings. The Labute approximate surface area is 120 Å². The predicted molar refractivity (Wildman–Crippen MR) is 82.4 cm³/mol. The molecule has 0 radical (unpaired) electrons. The van der Waals surface area contributed by atoms with E-state index in [-0.39, 0.29) is 0 Å². The third kappa shape index (κ3) is 2.07. The minimum Gasteiger partial charge on any atom is -0.287 e. The lowest BCUT2D eigenvalue weighted by Gasteiger charge is -2.59. The van der Waals surface area contributed by atoms with Gasteiger partial charge < -0.3 is 0 Å². The fourth-order valence-electron chi connectivity index (χ4n) is 6.19. The summed E-state index contributed by atoms with van der Waals surface area (Å²) in [5.41, 5.74) is 1.58. The predicted octanol–water partition coefficient (Wildman–Crippen LogP) is 5.14. The van der Waals surface area contributed by atoms with Gasteiger partial charge in [0.25, 0.3) is 0 Å². The Kier molecular flexibility index (Phi) is 3.28. The second kappa shape index (κ2) is 4.48. The molecule has 3 fully saturated rings. The van der Waals surface area contributed by atoms with Gasteiger partial charge in [-0.3, -0.25) is 4.90 Å². The molecule has 3 rings (SSSR count). The summed E-state index contributed by atoms with van der Waals surface area (Å²) in [5.74, 6) is 0.838. The summed E-state index contributed by atoms with van der Waals surface area (Å²) < 4.78 is 0. The van der Waals surface area contributed by atoms with Crippen molar-refractivity contribution in [3.05, 3.63) is 0 Å². The van der Waals surface area contributed by atoms with Gasteiger partial charge in [-0.2, -0.15) is 0 Å². The molecule has 0 saturated carbocycles. The number of nitrogens with zero attached hydrogens (tertiary/aromatic N) is 1. The van der Waals surface area contributed by atoms with E-state index < -0.39 is 0 Å². The first-order valence-electron chi connectivity index (χ1n) is 8.71. The Hall–Kier alpha value is -0.0400. The van der Waals surface area contributed by atoms with Crippen molar-refractivity contribution >= 4 is 0 Å². The highest BCUT2D eigenvalue weighted by Gasteiger charge is 2.59. The van der Waals surface area contributed by atoms with Crippen LogP contribution in [0, 0.1) is 5.92 Å². The van der Waals surface area contributed by atoms with E-state index in [0.29, 0.717) is 16.6 Å². The van der Waals surface area contributed by atoms with E-state index >= 15 is 0 Å². The molecule has 110 valence electrons. The molecular formula is C18H33N. The zero-order valence-corrected chi connectivity index (χ0v) is 13.6. The maximum absolute atomic E-state index is 3.09. The van der Waals surface area contributed by atoms with Gasteiger partial charge in [0, 0.05) is 16.6 Å². The van der Waals surface area contributed by atoms with Crippen molar-refractivity contribution in [2.24, 2.45) is 5.92 Å². The summed E-state index contributed by atoms with van der Waals surface area (Å²) in [7, 11) is 0. The van der Waals surface area contributed by atoms with Gasteiger partial charge >= 0.3 is 0 Å². The van der Waals surface area contributed by atoms with Crippen LogP contribution >= 0.6 is 0 Å². The topological polar surface area (TPSA) is 3.24 Å². The van der Waals surface area contributed by atoms with Gasteiger partial charge in [0.15, 0.2) is 0 Å². The van der Waals surface area contributed by atoms with Crippen LogP contribution in [-0.2, 0) is 0 Å². The van der Waals surface area contributed by atoms with Crippen molar-refractivity contribution in [2.45, 2.75) is 109 Å². The first-order valence-corrected chi connectivity index (χ1v) is 8.71. The standard InChI is InChI=1S/C18H33N/c1-15(2)14-18-10-6-5-8-16(3)12-13-17(4,19(16)18)9-7-11-18/h15H,5-14H2,1-4H3. The van der Waals surface area contributed by atoms with Crippen molar-refractivity contribution in [1.29, 1.82) is 0 Å². The monoisotopic (exact) mass is 263 g/mol. The van der Waals surface area contributed by atoms with Crippen LogP contribution in [0.25, 0.3) is 0 Å². The molecule has 0 N–H and O–H groups in total. The third-order valence-corrected chi connectivity index (χ3v) is 6.51. The SMILES string of the molecule is CC(C)CC12CCCCC3(C)CCC(C)(CCC1)N32. The van der Waals surface area contributed by atoms with Crippen LogP contribution in [0.2, 0.25) is 0 Å². The van der Waals surface area contributed by atoms with Crippen LogP contribution in [0.3, 0.4) is 0 Å². The van der Waals surface area contributed by atoms with Gasteiger partial charge in [-0.15, -0.1) is 0 Å². The molecule has 0 aliphatic carbocycles. The van der Waals surface area contributed by atoms with Crippen LogP contribution in [0.15, 0.2) is 0 Å². The fraction of sp³-hybridized carbons (Fsp3) is 1.00. The molecule has 19 heavy (non-hydrogen) atoms. The summed E-state index contributed by atoms with van der Waals surface area (Å²) in [5, 5.41) is 0. The first-order chi connectivity index (χ1) is 8.90. The average Bonchev–Trinajstić information content (AvgIpc) is 2.49. The number of piperidine rings is 1. The van der Waals surface area contributed by atoms with Crippen LogP contribution < -0.4 is 0 Å². The summed E-state index contributed by atoms with van der Waals surface area (Å²) in [6, 6.07) is 0. The van der Waals surface area contributed by atoms with Crippen LogP contribution in [0.1, 0.15) is 91.9 Å². The van der Waals surface area contributed by atoms with E-state index in [1.54, 1.807) is 0 Å². The van der Waals surface area contributed by atoms with Gasteiger partial charge in [-0.1, -0.05) is 26.7 Å². The van der Waals surface area contributed by atoms with Crippen molar-refractivity contribution in [3.8, 4) is 0 Å². The molecule has 0 amide bonds. The second-order valence-electron chi connectivity index (χ2n) is 8.71. The van der Waals surface area contributed by atoms with E-state index in [9.17, 15) is 0 Å². The lowest BCUT2D eigenvalue weighted by atomic mass is 9.71. The maximum Gasteiger partial charge on any atom is 0.0222 e. The smallest absolute Gasteiger partial charge is 0.0222 e. The minimum absolute atomic E-state index is 0.514. The highest BCUT2D eigenvalue weighted by Crippen LogP contribution is 2.58. The van der Waals surface area contributed by atoms with Gasteiger partial charge in [0.05, 0.1) is 0 Å². The van der Waals surface area contributed by atoms with Crippen molar-refractivity contribution in [1.82, 2.24) is 4.90 Å². The normalized spacial score (nSPS) is 47.2. The third-order valence-electron chi connectivity index (χ3n) is 6.51. The number of hydrogen-bond donors (Lipinski definition) is 0. The molecular weight excluding hydrogens is 230 g/mol. The Bertz CT molecular complexity index is 350. The van der Waals surface area contributed by atoms with E-state index in [1.165, 1.54) is 64.2 Å². The molecule has 3 aliphatic rings. The Morgan fingerprint density at radius 2 is 1.32 bits per heavy atom. The van der Waals surface area contributed by atoms with E-state index in [2.05, 4.69) is 32.6 Å². The van der Waals surface area contributed by atoms with E-state index in [0.717, 1.165) is 5.92 Å². The van der Waals surface area contributed by atoms with Crippen LogP contribution in [0.5, 0.6) is 0 Å². The molecule has 1 nitrogen and oxygen atoms in total. The maximum atomic E-state index is 3.09. The van der Waals surface area contributed by atoms with Crippen molar-refractivity contribution in [3.63, 3.8) is 0 Å². The summed E-state index contributed by atoms with van der Waals surface area (Å²) >= 11 is 0. The summed E-state index contributed by atoms with van der Waals surface area (Å²) in [4.78, 5) is 3.09. The number of hydrogen-bond acceptors (Lipinski definition) is 1. The zero-order valence-electron chi connectivity index (χ0n) is 13.6. The Balaban J connectivity index is 2.03. The van der Waals surface area contributed by atoms with Crippen molar-refractivity contribution < 1.29 is 0 Å². The van der Waals surface area contributed by atoms with Gasteiger partial charge in [-0.05, 0) is 71.1 Å². The minimum atomic E-state index is 0.514. The first kappa shape index (κ1) is 13.9. The van der Waals surface area contributed by atoms with Crippen LogP contribution in [-0.4, -0.2) is 21.5 Å². The van der Waals surface area contributed by atoms with Crippen molar-refractivity contribution in [2.75, 3.05) is 0 Å². The summed E-state index contributed by atoms with van der Waals surface area (Å²) in [6.45, 7) is 10.0. The summed E-state index contributed by atoms with van der Waals surface area (Å²) in [6.07, 6.45) is 14.6. The molecule has 1 heteroatoms. The molecule has 3 atom stereocenters. The molecule has 3 aliphatic heterocycles. The Morgan fingerprint density at radius 1 is 0.789 bits per heavy atom. The molecule has 0 aromatic heterocycles. The van der Waals surface area contributed by atoms with Gasteiger partial charge in [0.1, 0.15) is 0 Å². The molecule has 0 spiro atoms. The number of rotatable bonds is 2. The largest absolute Gasteiger partial charge is 0.287 e. The molecule has 0 bridgehead atoms. The molecule has 3 unspecified atom stereocenters. The molecule has 3 heterocycles. The second-order valence-corrected chi connectivity index (χ2v) is 8.71. The van der Waals surface area contributed by atoms with Crippen LogP contribution in [0.4, 0.5) is 0 Å². The van der Waals surface area contributed by atoms with E-state index in [4.69, 9.17) is 0 Å². The lowest BCUT2D eigenvalue weighted by Crippen LogP contribution is -2.65. The van der Waals surface area contributed by atoms with Gasteiger partial charge in [-0.25, -0.2) is 0 Å². The highest BCUT2D eigenvalue weighted by atomic mass is 15.3. The lowest BCUT2D eigenvalue weighted by molar-refractivity contribution is -0.0933. The highest BCUT2D eigenvalue weighted by molar-refractivity contribution is 5.15. The molecule has 3 saturated heterocycles. The zero-order chi connectivity index (χ0) is 13.7. The molecule has 0 aromatic carbocycles. The van der Waals surface area contributed by atoms with E-state index in [1.807, 2.05) is 0 Å².